The summed E-state index contributed by atoms with van der Waals surface area (Å²) in [5.41, 5.74) is 2.30. The van der Waals surface area contributed by atoms with Crippen LogP contribution in [0.3, 0.4) is 0 Å². The molecule has 1 atom stereocenters. The zero-order valence-corrected chi connectivity index (χ0v) is 8.63. The Hall–Kier alpha value is -1.15. The monoisotopic (exact) mass is 189 g/mol. The predicted octanol–water partition coefficient (Wildman–Crippen LogP) is 1.77. The number of ketones is 1. The Bertz CT molecular complexity index is 372. The summed E-state index contributed by atoms with van der Waals surface area (Å²) in [5, 5.41) is 3.28. The SMILES string of the molecule is Cc1cccc(C2(C)CC(=O)CN2)c1. The van der Waals surface area contributed by atoms with Gasteiger partial charge in [-0.25, -0.2) is 0 Å². The second kappa shape index (κ2) is 3.21. The second-order valence-corrected chi connectivity index (χ2v) is 4.27. The molecule has 1 heterocycles. The third-order valence-electron chi connectivity index (χ3n) is 2.88. The van der Waals surface area contributed by atoms with Crippen LogP contribution in [-0.4, -0.2) is 12.3 Å². The molecular formula is C12H15NO. The number of carbonyl (C=O) groups is 1. The quantitative estimate of drug-likeness (QED) is 0.729. The van der Waals surface area contributed by atoms with Crippen LogP contribution in [0.15, 0.2) is 24.3 Å². The van der Waals surface area contributed by atoms with Gasteiger partial charge in [-0.15, -0.1) is 0 Å². The normalized spacial score (nSPS) is 26.9. The fourth-order valence-corrected chi connectivity index (χ4v) is 2.01. The van der Waals surface area contributed by atoms with E-state index < -0.39 is 0 Å². The maximum atomic E-state index is 11.3. The number of Topliss-reactive ketones (excluding diaryl/α,β-unsaturated/α-hetero) is 1. The van der Waals surface area contributed by atoms with Crippen molar-refractivity contribution < 1.29 is 4.79 Å². The highest BCUT2D eigenvalue weighted by atomic mass is 16.1. The van der Waals surface area contributed by atoms with E-state index in [0.29, 0.717) is 18.7 Å². The zero-order valence-electron chi connectivity index (χ0n) is 8.63. The van der Waals surface area contributed by atoms with Gasteiger partial charge in [0, 0.05) is 12.0 Å². The fraction of sp³-hybridized carbons (Fsp3) is 0.417. The van der Waals surface area contributed by atoms with E-state index in [0.717, 1.165) is 0 Å². The molecule has 0 aliphatic carbocycles. The molecule has 1 fully saturated rings. The molecule has 1 aliphatic rings. The van der Waals surface area contributed by atoms with E-state index in [1.807, 2.05) is 6.07 Å². The number of aryl methyl sites for hydroxylation is 1. The van der Waals surface area contributed by atoms with Crippen molar-refractivity contribution in [3.63, 3.8) is 0 Å². The molecule has 2 rings (SSSR count). The zero-order chi connectivity index (χ0) is 10.2. The number of rotatable bonds is 1. The summed E-state index contributed by atoms with van der Waals surface area (Å²) >= 11 is 0. The molecule has 1 N–H and O–H groups in total. The van der Waals surface area contributed by atoms with Crippen molar-refractivity contribution in [2.75, 3.05) is 6.54 Å². The van der Waals surface area contributed by atoms with Crippen LogP contribution in [0.5, 0.6) is 0 Å². The summed E-state index contributed by atoms with van der Waals surface area (Å²) in [4.78, 5) is 11.3. The minimum absolute atomic E-state index is 0.150. The van der Waals surface area contributed by atoms with E-state index in [9.17, 15) is 4.79 Å². The highest BCUT2D eigenvalue weighted by Crippen LogP contribution is 2.28. The van der Waals surface area contributed by atoms with Crippen LogP contribution in [0.1, 0.15) is 24.5 Å². The molecule has 74 valence electrons. The van der Waals surface area contributed by atoms with Gasteiger partial charge >= 0.3 is 0 Å². The summed E-state index contributed by atoms with van der Waals surface area (Å²) in [6.07, 6.45) is 0.608. The van der Waals surface area contributed by atoms with Crippen molar-refractivity contribution in [2.45, 2.75) is 25.8 Å². The maximum absolute atomic E-state index is 11.3. The van der Waals surface area contributed by atoms with Gasteiger partial charge in [-0.3, -0.25) is 4.79 Å². The Labute approximate surface area is 84.3 Å². The van der Waals surface area contributed by atoms with Gasteiger partial charge in [-0.2, -0.15) is 0 Å². The summed E-state index contributed by atoms with van der Waals surface area (Å²) < 4.78 is 0. The molecule has 0 aromatic heterocycles. The predicted molar refractivity (Wildman–Crippen MR) is 56.2 cm³/mol. The molecular weight excluding hydrogens is 174 g/mol. The number of nitrogens with one attached hydrogen (secondary N) is 1. The third kappa shape index (κ3) is 1.58. The molecule has 0 radical (unpaired) electrons. The van der Waals surface area contributed by atoms with Gasteiger partial charge in [0.15, 0.2) is 0 Å². The maximum Gasteiger partial charge on any atom is 0.148 e. The summed E-state index contributed by atoms with van der Waals surface area (Å²) in [5.74, 6) is 0.300. The van der Waals surface area contributed by atoms with E-state index in [4.69, 9.17) is 0 Å². The molecule has 1 aromatic rings. The van der Waals surface area contributed by atoms with Crippen LogP contribution >= 0.6 is 0 Å². The Morgan fingerprint density at radius 1 is 1.43 bits per heavy atom. The first-order valence-electron chi connectivity index (χ1n) is 4.94. The third-order valence-corrected chi connectivity index (χ3v) is 2.88. The molecule has 1 aliphatic heterocycles. The van der Waals surface area contributed by atoms with Crippen molar-refractivity contribution in [2.24, 2.45) is 0 Å². The number of hydrogen-bond acceptors (Lipinski definition) is 2. The van der Waals surface area contributed by atoms with E-state index in [2.05, 4.69) is 37.4 Å². The molecule has 14 heavy (non-hydrogen) atoms. The summed E-state index contributed by atoms with van der Waals surface area (Å²) in [6.45, 7) is 4.67. The molecule has 0 spiro atoms. The molecule has 1 saturated heterocycles. The Morgan fingerprint density at radius 2 is 2.21 bits per heavy atom. The summed E-state index contributed by atoms with van der Waals surface area (Å²) in [6, 6.07) is 8.34. The Balaban J connectivity index is 2.34. The number of hydrogen-bond donors (Lipinski definition) is 1. The fourth-order valence-electron chi connectivity index (χ4n) is 2.01. The van der Waals surface area contributed by atoms with Crippen molar-refractivity contribution in [3.8, 4) is 0 Å². The number of carbonyl (C=O) groups excluding carboxylic acids is 1. The van der Waals surface area contributed by atoms with Crippen molar-refractivity contribution in [1.29, 1.82) is 0 Å². The minimum Gasteiger partial charge on any atom is -0.300 e. The first kappa shape index (κ1) is 9.41. The lowest BCUT2D eigenvalue weighted by Crippen LogP contribution is -2.33. The highest BCUT2D eigenvalue weighted by molar-refractivity contribution is 5.84. The van der Waals surface area contributed by atoms with Crippen LogP contribution < -0.4 is 5.32 Å². The van der Waals surface area contributed by atoms with E-state index in [1.54, 1.807) is 0 Å². The molecule has 2 nitrogen and oxygen atoms in total. The van der Waals surface area contributed by atoms with Gasteiger partial charge in [0.05, 0.1) is 6.54 Å². The van der Waals surface area contributed by atoms with Crippen LogP contribution in [-0.2, 0) is 10.3 Å². The first-order chi connectivity index (χ1) is 6.60. The smallest absolute Gasteiger partial charge is 0.148 e. The molecule has 1 unspecified atom stereocenters. The molecule has 2 heteroatoms. The summed E-state index contributed by atoms with van der Waals surface area (Å²) in [7, 11) is 0. The van der Waals surface area contributed by atoms with E-state index >= 15 is 0 Å². The minimum atomic E-state index is -0.150. The van der Waals surface area contributed by atoms with Crippen molar-refractivity contribution >= 4 is 5.78 Å². The topological polar surface area (TPSA) is 29.1 Å². The van der Waals surface area contributed by atoms with Crippen LogP contribution in [0.2, 0.25) is 0 Å². The second-order valence-electron chi connectivity index (χ2n) is 4.27. The highest BCUT2D eigenvalue weighted by Gasteiger charge is 2.34. The van der Waals surface area contributed by atoms with Gasteiger partial charge in [-0.1, -0.05) is 29.8 Å². The van der Waals surface area contributed by atoms with Gasteiger partial charge in [0.2, 0.25) is 0 Å². The average molecular weight is 189 g/mol. The van der Waals surface area contributed by atoms with Crippen LogP contribution in [0.4, 0.5) is 0 Å². The van der Waals surface area contributed by atoms with Gasteiger partial charge < -0.3 is 5.32 Å². The largest absolute Gasteiger partial charge is 0.300 e. The Kier molecular flexibility index (Phi) is 2.16. The molecule has 1 aromatic carbocycles. The van der Waals surface area contributed by atoms with E-state index in [-0.39, 0.29) is 5.54 Å². The number of benzene rings is 1. The molecule has 0 saturated carbocycles. The lowest BCUT2D eigenvalue weighted by Gasteiger charge is -2.24. The van der Waals surface area contributed by atoms with E-state index in [1.165, 1.54) is 11.1 Å². The van der Waals surface area contributed by atoms with Gasteiger partial charge in [0.1, 0.15) is 5.78 Å². The average Bonchev–Trinajstić information content (AvgIpc) is 2.48. The van der Waals surface area contributed by atoms with Crippen molar-refractivity contribution in [3.05, 3.63) is 35.4 Å². The lowest BCUT2D eigenvalue weighted by molar-refractivity contribution is -0.116. The first-order valence-corrected chi connectivity index (χ1v) is 4.94. The van der Waals surface area contributed by atoms with Crippen LogP contribution in [0, 0.1) is 6.92 Å². The Morgan fingerprint density at radius 3 is 2.79 bits per heavy atom. The molecule has 0 amide bonds. The standard InChI is InChI=1S/C12H15NO/c1-9-4-3-5-10(6-9)12(2)7-11(14)8-13-12/h3-6,13H,7-8H2,1-2H3. The van der Waals surface area contributed by atoms with Crippen molar-refractivity contribution in [1.82, 2.24) is 5.32 Å². The molecule has 0 bridgehead atoms. The van der Waals surface area contributed by atoms with Gasteiger partial charge in [0.25, 0.3) is 0 Å². The van der Waals surface area contributed by atoms with Crippen LogP contribution in [0.25, 0.3) is 0 Å². The van der Waals surface area contributed by atoms with Gasteiger partial charge in [-0.05, 0) is 19.4 Å². The lowest BCUT2D eigenvalue weighted by atomic mass is 9.89.